The molecule has 1 aliphatic heterocycles. The molecule has 1 aliphatic rings. The van der Waals surface area contributed by atoms with E-state index >= 15 is 0 Å². The quantitative estimate of drug-likeness (QED) is 0.487. The lowest BCUT2D eigenvalue weighted by Gasteiger charge is -2.25. The maximum Gasteiger partial charge on any atom is 0.407 e. The standard InChI is InChI=1S/C19H32N2O3S.C4H4S/c1-19(2,3)24-18(22)20-9-5-8-12-23-16-13-17(25-15-16)14-21-10-6-4-7-11-21;1-2-4-5-3-1/h13,15H,4-12,14H2,1-3H3,(H,20,22);1-4H. The van der Waals surface area contributed by atoms with Crippen LogP contribution in [0.25, 0.3) is 0 Å². The number of alkyl carbamates (subject to hydrolysis) is 1. The molecule has 0 saturated carbocycles. The number of hydrogen-bond acceptors (Lipinski definition) is 6. The van der Waals surface area contributed by atoms with Crippen LogP contribution in [0.4, 0.5) is 4.79 Å². The fourth-order valence-electron chi connectivity index (χ4n) is 3.01. The van der Waals surface area contributed by atoms with Crippen molar-refractivity contribution in [2.24, 2.45) is 0 Å². The van der Waals surface area contributed by atoms with Crippen molar-refractivity contribution in [1.82, 2.24) is 10.2 Å². The highest BCUT2D eigenvalue weighted by atomic mass is 32.1. The summed E-state index contributed by atoms with van der Waals surface area (Å²) in [6.07, 6.45) is 5.46. The van der Waals surface area contributed by atoms with E-state index in [1.807, 2.05) is 43.7 Å². The number of nitrogens with zero attached hydrogens (tertiary/aromatic N) is 1. The second-order valence-corrected chi connectivity index (χ2v) is 10.2. The van der Waals surface area contributed by atoms with Crippen LogP contribution in [0, 0.1) is 0 Å². The zero-order valence-electron chi connectivity index (χ0n) is 18.5. The molecule has 1 fully saturated rings. The van der Waals surface area contributed by atoms with Gasteiger partial charge in [-0.1, -0.05) is 18.6 Å². The van der Waals surface area contributed by atoms with Crippen LogP contribution in [0.2, 0.25) is 0 Å². The molecule has 1 saturated heterocycles. The highest BCUT2D eigenvalue weighted by Crippen LogP contribution is 2.24. The van der Waals surface area contributed by atoms with E-state index in [9.17, 15) is 4.79 Å². The average Bonchev–Trinajstić information content (AvgIpc) is 3.39. The minimum atomic E-state index is -0.446. The molecule has 0 atom stereocenters. The van der Waals surface area contributed by atoms with Crippen LogP contribution in [0.15, 0.2) is 34.3 Å². The molecular weight excluding hydrogens is 416 g/mol. The summed E-state index contributed by atoms with van der Waals surface area (Å²) in [7, 11) is 0. The first-order chi connectivity index (χ1) is 14.4. The Morgan fingerprint density at radius 3 is 2.50 bits per heavy atom. The minimum absolute atomic E-state index is 0.353. The number of piperidine rings is 1. The third-order valence-electron chi connectivity index (χ3n) is 4.39. The Labute approximate surface area is 189 Å². The Morgan fingerprint density at radius 1 is 1.13 bits per heavy atom. The number of unbranched alkanes of at least 4 members (excludes halogenated alkanes) is 1. The van der Waals surface area contributed by atoms with Gasteiger partial charge in [0.1, 0.15) is 11.4 Å². The molecule has 5 nitrogen and oxygen atoms in total. The second kappa shape index (κ2) is 13.7. The second-order valence-electron chi connectivity index (χ2n) is 8.36. The molecule has 1 amide bonds. The van der Waals surface area contributed by atoms with Crippen LogP contribution >= 0.6 is 22.7 Å². The van der Waals surface area contributed by atoms with Gasteiger partial charge in [0.15, 0.2) is 0 Å². The molecule has 3 rings (SSSR count). The Kier molecular flexibility index (Phi) is 11.3. The summed E-state index contributed by atoms with van der Waals surface area (Å²) in [4.78, 5) is 15.4. The zero-order valence-corrected chi connectivity index (χ0v) is 20.2. The number of nitrogens with one attached hydrogen (secondary N) is 1. The summed E-state index contributed by atoms with van der Waals surface area (Å²) in [6, 6.07) is 6.20. The van der Waals surface area contributed by atoms with Crippen LogP contribution in [0.1, 0.15) is 57.8 Å². The first-order valence-electron chi connectivity index (χ1n) is 10.8. The molecule has 0 aromatic carbocycles. The predicted molar refractivity (Wildman–Crippen MR) is 127 cm³/mol. The number of carbonyl (C=O) groups is 1. The van der Waals surface area contributed by atoms with E-state index in [1.165, 1.54) is 37.2 Å². The third-order valence-corrected chi connectivity index (χ3v) is 5.92. The van der Waals surface area contributed by atoms with Crippen molar-refractivity contribution in [2.45, 2.75) is 65.0 Å². The Balaban J connectivity index is 0.000000558. The lowest BCUT2D eigenvalue weighted by atomic mass is 10.1. The number of ether oxygens (including phenoxy) is 2. The topological polar surface area (TPSA) is 50.8 Å². The van der Waals surface area contributed by atoms with Gasteiger partial charge >= 0.3 is 6.09 Å². The van der Waals surface area contributed by atoms with Crippen molar-refractivity contribution >= 4 is 28.8 Å². The maximum absolute atomic E-state index is 11.5. The number of carbonyl (C=O) groups excluding carboxylic acids is 1. The van der Waals surface area contributed by atoms with E-state index in [0.29, 0.717) is 13.2 Å². The van der Waals surface area contributed by atoms with Gasteiger partial charge in [-0.25, -0.2) is 4.79 Å². The number of rotatable bonds is 8. The molecule has 0 unspecified atom stereocenters. The first kappa shape index (κ1) is 24.7. The van der Waals surface area contributed by atoms with Crippen molar-refractivity contribution < 1.29 is 14.3 Å². The van der Waals surface area contributed by atoms with Crippen LogP contribution in [0.5, 0.6) is 5.75 Å². The fraction of sp³-hybridized carbons (Fsp3) is 0.609. The van der Waals surface area contributed by atoms with Gasteiger partial charge in [0.05, 0.1) is 6.61 Å². The van der Waals surface area contributed by atoms with Crippen molar-refractivity contribution in [2.75, 3.05) is 26.2 Å². The van der Waals surface area contributed by atoms with E-state index in [0.717, 1.165) is 25.1 Å². The zero-order chi connectivity index (χ0) is 21.7. The number of thiophene rings is 2. The van der Waals surface area contributed by atoms with Gasteiger partial charge in [-0.2, -0.15) is 11.3 Å². The van der Waals surface area contributed by atoms with Crippen LogP contribution < -0.4 is 10.1 Å². The van der Waals surface area contributed by atoms with Gasteiger partial charge in [0, 0.05) is 23.3 Å². The molecular formula is C23H36N2O3S2. The molecule has 3 heterocycles. The van der Waals surface area contributed by atoms with Gasteiger partial charge in [-0.05, 0) is 76.4 Å². The Hall–Kier alpha value is -1.57. The van der Waals surface area contributed by atoms with Gasteiger partial charge in [0.25, 0.3) is 0 Å². The van der Waals surface area contributed by atoms with E-state index in [2.05, 4.69) is 21.7 Å². The van der Waals surface area contributed by atoms with Gasteiger partial charge < -0.3 is 14.8 Å². The summed E-state index contributed by atoms with van der Waals surface area (Å²) in [5.41, 5.74) is -0.446. The van der Waals surface area contributed by atoms with Gasteiger partial charge in [-0.15, -0.1) is 11.3 Å². The van der Waals surface area contributed by atoms with E-state index in [4.69, 9.17) is 9.47 Å². The van der Waals surface area contributed by atoms with Gasteiger partial charge in [0.2, 0.25) is 0 Å². The van der Waals surface area contributed by atoms with E-state index in [1.54, 1.807) is 22.7 Å². The molecule has 0 bridgehead atoms. The molecule has 7 heteroatoms. The fourth-order valence-corrected chi connectivity index (χ4v) is 4.30. The molecule has 0 aliphatic carbocycles. The molecule has 168 valence electrons. The summed E-state index contributed by atoms with van der Waals surface area (Å²) >= 11 is 3.49. The van der Waals surface area contributed by atoms with E-state index < -0.39 is 5.60 Å². The smallest absolute Gasteiger partial charge is 0.407 e. The van der Waals surface area contributed by atoms with Crippen LogP contribution in [-0.4, -0.2) is 42.8 Å². The van der Waals surface area contributed by atoms with Crippen LogP contribution in [0.3, 0.4) is 0 Å². The minimum Gasteiger partial charge on any atom is -0.493 e. The van der Waals surface area contributed by atoms with Crippen molar-refractivity contribution in [3.63, 3.8) is 0 Å². The highest BCUT2D eigenvalue weighted by Gasteiger charge is 2.15. The number of hydrogen-bond donors (Lipinski definition) is 1. The largest absolute Gasteiger partial charge is 0.493 e. The summed E-state index contributed by atoms with van der Waals surface area (Å²) < 4.78 is 11.0. The van der Waals surface area contributed by atoms with E-state index in [-0.39, 0.29) is 6.09 Å². The van der Waals surface area contributed by atoms with Crippen LogP contribution in [-0.2, 0) is 11.3 Å². The van der Waals surface area contributed by atoms with Crippen molar-refractivity contribution in [1.29, 1.82) is 0 Å². The highest BCUT2D eigenvalue weighted by molar-refractivity contribution is 7.10. The van der Waals surface area contributed by atoms with Gasteiger partial charge in [-0.3, -0.25) is 4.90 Å². The maximum atomic E-state index is 11.5. The SMILES string of the molecule is CC(C)(C)OC(=O)NCCCCOc1csc(CN2CCCCC2)c1.c1ccsc1. The summed E-state index contributed by atoms with van der Waals surface area (Å²) in [6.45, 7) is 10.4. The third kappa shape index (κ3) is 11.6. The molecule has 0 spiro atoms. The number of amides is 1. The summed E-state index contributed by atoms with van der Waals surface area (Å²) in [5, 5.41) is 8.95. The van der Waals surface area contributed by atoms with Crippen molar-refractivity contribution in [3.05, 3.63) is 39.2 Å². The molecule has 30 heavy (non-hydrogen) atoms. The summed E-state index contributed by atoms with van der Waals surface area (Å²) in [5.74, 6) is 0.970. The normalized spacial score (nSPS) is 14.5. The molecule has 1 N–H and O–H groups in total. The number of likely N-dealkylation sites (tertiary alicyclic amines) is 1. The molecule has 2 aromatic heterocycles. The Bertz CT molecular complexity index is 672. The first-order valence-corrected chi connectivity index (χ1v) is 12.6. The average molecular weight is 453 g/mol. The lowest BCUT2D eigenvalue weighted by molar-refractivity contribution is 0.0526. The predicted octanol–water partition coefficient (Wildman–Crippen LogP) is 6.17. The van der Waals surface area contributed by atoms with Crippen molar-refractivity contribution in [3.8, 4) is 5.75 Å². The lowest BCUT2D eigenvalue weighted by Crippen LogP contribution is -2.33. The monoisotopic (exact) mass is 452 g/mol. The Morgan fingerprint density at radius 2 is 1.87 bits per heavy atom. The molecule has 0 radical (unpaired) electrons. The molecule has 2 aromatic rings.